The minimum absolute atomic E-state index is 0. The first-order valence-corrected chi connectivity index (χ1v) is 21.4. The summed E-state index contributed by atoms with van der Waals surface area (Å²) in [4.78, 5) is 10.8. The van der Waals surface area contributed by atoms with Crippen molar-refractivity contribution in [3.63, 3.8) is 0 Å². The number of thioether (sulfide) groups is 1. The third kappa shape index (κ3) is 5.43. The molecule has 2 atom stereocenters. The molecule has 6 heteroatoms. The minimum atomic E-state index is -0.381. The van der Waals surface area contributed by atoms with Crippen molar-refractivity contribution in [1.82, 2.24) is 9.55 Å². The molecule has 6 aromatic rings. The first-order valence-electron chi connectivity index (χ1n) is 20.6. The van der Waals surface area contributed by atoms with Gasteiger partial charge in [-0.15, -0.1) is 46.1 Å². The molecule has 0 saturated heterocycles. The van der Waals surface area contributed by atoms with Gasteiger partial charge in [0, 0.05) is 38.9 Å². The number of rotatable bonds is 3. The van der Waals surface area contributed by atoms with Crippen LogP contribution in [0.3, 0.4) is 0 Å². The molecule has 0 amide bonds. The van der Waals surface area contributed by atoms with Crippen molar-refractivity contribution in [1.29, 1.82) is 0 Å². The van der Waals surface area contributed by atoms with E-state index in [9.17, 15) is 0 Å². The molecule has 302 valence electrons. The fraction of sp³-hybridized carbons (Fsp3) is 0.423. The maximum absolute atomic E-state index is 6.96. The fourth-order valence-corrected chi connectivity index (χ4v) is 11.9. The Hall–Kier alpha value is -3.66. The Morgan fingerprint density at radius 3 is 2.07 bits per heavy atom. The van der Waals surface area contributed by atoms with Gasteiger partial charge >= 0.3 is 21.1 Å². The number of hydrogen-bond donors (Lipinski definition) is 0. The topological polar surface area (TPSA) is 39.4 Å². The number of ether oxygens (including phenoxy) is 1. The summed E-state index contributed by atoms with van der Waals surface area (Å²) in [5.74, 6) is 1.42. The Morgan fingerprint density at radius 1 is 0.724 bits per heavy atom. The number of aromatic nitrogens is 2. The van der Waals surface area contributed by atoms with Gasteiger partial charge in [-0.1, -0.05) is 138 Å². The van der Waals surface area contributed by atoms with E-state index >= 15 is 0 Å². The zero-order valence-corrected chi connectivity index (χ0v) is 40.3. The molecule has 0 unspecified atom stereocenters. The Bertz CT molecular complexity index is 2790. The molecular formula is C52H57N3OPtS. The van der Waals surface area contributed by atoms with Gasteiger partial charge in [-0.25, -0.2) is 4.98 Å². The molecule has 1 aliphatic carbocycles. The maximum Gasteiger partial charge on any atom is 2.00 e. The van der Waals surface area contributed by atoms with E-state index in [1.807, 2.05) is 18.0 Å². The van der Waals surface area contributed by atoms with Crippen molar-refractivity contribution >= 4 is 38.7 Å². The van der Waals surface area contributed by atoms with Crippen LogP contribution in [0.4, 0.5) is 0 Å². The number of fused-ring (bicyclic) bond motifs is 8. The van der Waals surface area contributed by atoms with E-state index in [1.54, 1.807) is 0 Å². The molecule has 58 heavy (non-hydrogen) atoms. The van der Waals surface area contributed by atoms with E-state index in [1.165, 1.54) is 44.3 Å². The van der Waals surface area contributed by atoms with Crippen LogP contribution in [0.5, 0.6) is 11.5 Å². The molecule has 2 aliphatic heterocycles. The molecule has 0 radical (unpaired) electrons. The fourth-order valence-electron chi connectivity index (χ4n) is 10.2. The number of aryl methyl sites for hydroxylation is 4. The molecule has 4 aromatic carbocycles. The van der Waals surface area contributed by atoms with Crippen LogP contribution in [0, 0.1) is 39.8 Å². The van der Waals surface area contributed by atoms with Crippen LogP contribution in [0.1, 0.15) is 144 Å². The van der Waals surface area contributed by atoms with Crippen LogP contribution in [0.25, 0.3) is 27.6 Å². The van der Waals surface area contributed by atoms with Crippen LogP contribution in [0.2, 0.25) is 0 Å². The van der Waals surface area contributed by atoms with Crippen molar-refractivity contribution in [2.24, 2.45) is 4.99 Å². The van der Waals surface area contributed by atoms with Gasteiger partial charge in [0.2, 0.25) is 0 Å². The second-order valence-corrected chi connectivity index (χ2v) is 22.1. The molecule has 0 spiro atoms. The van der Waals surface area contributed by atoms with Gasteiger partial charge in [0.1, 0.15) is 5.65 Å². The summed E-state index contributed by atoms with van der Waals surface area (Å²) in [7, 11) is 0. The van der Waals surface area contributed by atoms with E-state index in [-0.39, 0.29) is 53.0 Å². The second kappa shape index (κ2) is 12.7. The van der Waals surface area contributed by atoms with Crippen LogP contribution < -0.4 is 4.74 Å². The predicted octanol–water partition coefficient (Wildman–Crippen LogP) is 13.5. The Morgan fingerprint density at radius 2 is 1.40 bits per heavy atom. The first-order chi connectivity index (χ1) is 26.4. The number of para-hydroxylation sites is 1. The van der Waals surface area contributed by atoms with E-state index in [0.29, 0.717) is 11.5 Å². The number of pyridine rings is 1. The number of aliphatic imine (C=N–C) groups is 1. The summed E-state index contributed by atoms with van der Waals surface area (Å²) >= 11 is 1.91. The quantitative estimate of drug-likeness (QED) is 0.166. The van der Waals surface area contributed by atoms with Gasteiger partial charge in [-0.05, 0) is 76.5 Å². The Labute approximate surface area is 365 Å². The Kier molecular flexibility index (Phi) is 8.98. The third-order valence-corrected chi connectivity index (χ3v) is 15.6. The first kappa shape index (κ1) is 41.1. The normalized spacial score (nSPS) is 21.4. The van der Waals surface area contributed by atoms with Gasteiger partial charge in [-0.2, -0.15) is 6.07 Å². The zero-order chi connectivity index (χ0) is 41.2. The largest absolute Gasteiger partial charge is 2.00 e. The summed E-state index contributed by atoms with van der Waals surface area (Å²) in [6.45, 7) is 36.9. The standard InChI is InChI=1S/C52H57N3OS.Pt/c1-28-20-35-33-18-17-19-36-44(33)55(45(35)53-27-28)40-26-42(31(4)22-37(40)49(36,11)12)56-41-25-34(29(2)21-30(41)3)46-54-52(16)50(13,14)43-38(48(8,9)10)23-32(47(5,6)7)24-39(43)51(52,15)57-46;/h17-24,27H,1-16H3;/q-2;+2/t51-,52+;/m0./s1. The van der Waals surface area contributed by atoms with Gasteiger partial charge < -0.3 is 14.3 Å². The second-order valence-electron chi connectivity index (χ2n) is 20.7. The van der Waals surface area contributed by atoms with Gasteiger partial charge in [0.15, 0.2) is 0 Å². The summed E-state index contributed by atoms with van der Waals surface area (Å²) < 4.78 is 9.00. The summed E-state index contributed by atoms with van der Waals surface area (Å²) in [6, 6.07) is 26.1. The molecule has 9 rings (SSSR count). The molecule has 0 N–H and O–H groups in total. The third-order valence-electron chi connectivity index (χ3n) is 14.1. The van der Waals surface area contributed by atoms with Crippen LogP contribution in [0.15, 0.2) is 59.7 Å². The zero-order valence-electron chi connectivity index (χ0n) is 37.2. The number of benzene rings is 4. The van der Waals surface area contributed by atoms with Crippen molar-refractivity contribution in [2.75, 3.05) is 0 Å². The van der Waals surface area contributed by atoms with E-state index in [0.717, 1.165) is 49.6 Å². The van der Waals surface area contributed by atoms with Crippen molar-refractivity contribution in [2.45, 2.75) is 143 Å². The molecule has 0 saturated carbocycles. The maximum atomic E-state index is 6.96. The summed E-state index contributed by atoms with van der Waals surface area (Å²) in [5.41, 5.74) is 16.0. The monoisotopic (exact) mass is 966 g/mol. The van der Waals surface area contributed by atoms with Gasteiger partial charge in [0.25, 0.3) is 0 Å². The van der Waals surface area contributed by atoms with E-state index in [4.69, 9.17) is 14.7 Å². The van der Waals surface area contributed by atoms with Gasteiger partial charge in [0.05, 0.1) is 15.8 Å². The average molecular weight is 967 g/mol. The molecular weight excluding hydrogens is 910 g/mol. The SMILES string of the molecule is Cc1cnc2c(c1)c1cccc3c1n2-c1[c-]c(Oc2[c-]c(C4=N[C@]5(C)C(C)(C)c6c(C(C)(C)C)cc(C(C)(C)C)cc6[C@]5(C)S4)c(C)cc2C)c(C)cc1C3(C)C.[Pt+2]. The average Bonchev–Trinajstić information content (AvgIpc) is 3.63. The predicted molar refractivity (Wildman–Crippen MR) is 241 cm³/mol. The van der Waals surface area contributed by atoms with Crippen LogP contribution >= 0.6 is 11.8 Å². The van der Waals surface area contributed by atoms with Crippen molar-refractivity contribution in [3.05, 3.63) is 128 Å². The molecule has 2 aromatic heterocycles. The van der Waals surface area contributed by atoms with Crippen molar-refractivity contribution < 1.29 is 25.8 Å². The minimum Gasteiger partial charge on any atom is -0.502 e. The summed E-state index contributed by atoms with van der Waals surface area (Å²) in [6.07, 6.45) is 1.97. The molecule has 4 heterocycles. The van der Waals surface area contributed by atoms with Crippen LogP contribution in [-0.2, 0) is 47.5 Å². The number of hydrogen-bond acceptors (Lipinski definition) is 4. The molecule has 4 nitrogen and oxygen atoms in total. The molecule has 0 fully saturated rings. The molecule has 0 bridgehead atoms. The van der Waals surface area contributed by atoms with E-state index in [2.05, 4.69) is 176 Å². The van der Waals surface area contributed by atoms with Crippen LogP contribution in [-0.4, -0.2) is 20.1 Å². The van der Waals surface area contributed by atoms with Crippen molar-refractivity contribution in [3.8, 4) is 17.2 Å². The summed E-state index contributed by atoms with van der Waals surface area (Å²) in [5, 5.41) is 3.42. The van der Waals surface area contributed by atoms with Gasteiger partial charge in [-0.3, -0.25) is 0 Å². The smallest absolute Gasteiger partial charge is 0.502 e. The Balaban J connectivity index is 0.00000469. The molecule has 3 aliphatic rings. The van der Waals surface area contributed by atoms with E-state index < -0.39 is 0 Å². The number of nitrogens with zero attached hydrogens (tertiary/aromatic N) is 3.